The molecule has 0 aromatic carbocycles. The van der Waals surface area contributed by atoms with E-state index in [4.69, 9.17) is 4.74 Å². The van der Waals surface area contributed by atoms with Crippen LogP contribution in [0.2, 0.25) is 0 Å². The van der Waals surface area contributed by atoms with Gasteiger partial charge in [0.05, 0.1) is 11.2 Å². The zero-order chi connectivity index (χ0) is 14.0. The molecule has 0 amide bonds. The van der Waals surface area contributed by atoms with Gasteiger partial charge in [0.15, 0.2) is 0 Å². The van der Waals surface area contributed by atoms with Gasteiger partial charge in [-0.15, -0.1) is 0 Å². The lowest BCUT2D eigenvalue weighted by Gasteiger charge is -2.32. The Morgan fingerprint density at radius 3 is 2.22 bits per heavy atom. The topological polar surface area (TPSA) is 21.3 Å². The Kier molecular flexibility index (Phi) is 5.58. The Balaban J connectivity index is 2.59. The van der Waals surface area contributed by atoms with Crippen LogP contribution in [0.15, 0.2) is 0 Å². The average Bonchev–Trinajstić information content (AvgIpc) is 2.41. The van der Waals surface area contributed by atoms with Crippen LogP contribution in [0.4, 0.5) is 0 Å². The lowest BCUT2D eigenvalue weighted by molar-refractivity contribution is -0.0767. The van der Waals surface area contributed by atoms with E-state index in [2.05, 4.69) is 65.7 Å². The summed E-state index contributed by atoms with van der Waals surface area (Å²) >= 11 is 2.06. The normalized spacial score (nSPS) is 27.7. The molecule has 1 heterocycles. The van der Waals surface area contributed by atoms with E-state index in [0.717, 1.165) is 12.3 Å². The predicted molar refractivity (Wildman–Crippen MR) is 82.4 cm³/mol. The van der Waals surface area contributed by atoms with E-state index in [-0.39, 0.29) is 11.2 Å². The van der Waals surface area contributed by atoms with Gasteiger partial charge in [-0.05, 0) is 52.8 Å². The first-order chi connectivity index (χ1) is 8.18. The Morgan fingerprint density at radius 2 is 1.83 bits per heavy atom. The van der Waals surface area contributed by atoms with Crippen molar-refractivity contribution in [3.8, 4) is 0 Å². The van der Waals surface area contributed by atoms with Gasteiger partial charge in [0.2, 0.25) is 0 Å². The third-order valence-electron chi connectivity index (χ3n) is 3.75. The van der Waals surface area contributed by atoms with Gasteiger partial charge in [-0.3, -0.25) is 0 Å². The fourth-order valence-corrected chi connectivity index (χ4v) is 4.32. The largest absolute Gasteiger partial charge is 0.369 e. The van der Waals surface area contributed by atoms with Crippen molar-refractivity contribution in [2.75, 3.05) is 18.6 Å². The molecular weight excluding hydrogens is 242 g/mol. The molecule has 1 aliphatic rings. The summed E-state index contributed by atoms with van der Waals surface area (Å²) in [6.07, 6.45) is 1.15. The second kappa shape index (κ2) is 6.15. The molecule has 1 saturated heterocycles. The second-order valence-electron chi connectivity index (χ2n) is 7.10. The summed E-state index contributed by atoms with van der Waals surface area (Å²) in [5.41, 5.74) is 0.00154. The molecule has 0 aromatic rings. The molecule has 1 aliphatic heterocycles. The van der Waals surface area contributed by atoms with Gasteiger partial charge >= 0.3 is 0 Å². The molecule has 2 unspecified atom stereocenters. The van der Waals surface area contributed by atoms with E-state index in [1.165, 1.54) is 11.5 Å². The maximum absolute atomic E-state index is 6.21. The van der Waals surface area contributed by atoms with Gasteiger partial charge in [0.25, 0.3) is 0 Å². The van der Waals surface area contributed by atoms with Crippen molar-refractivity contribution in [1.29, 1.82) is 0 Å². The second-order valence-corrected chi connectivity index (χ2v) is 8.18. The molecule has 1 rings (SSSR count). The number of nitrogens with one attached hydrogen (secondary N) is 1. The molecule has 2 atom stereocenters. The monoisotopic (exact) mass is 273 g/mol. The summed E-state index contributed by atoms with van der Waals surface area (Å²) in [4.78, 5) is 0. The highest BCUT2D eigenvalue weighted by atomic mass is 32.2. The van der Waals surface area contributed by atoms with E-state index in [1.54, 1.807) is 0 Å². The highest BCUT2D eigenvalue weighted by molar-refractivity contribution is 7.99. The maximum atomic E-state index is 6.21. The van der Waals surface area contributed by atoms with Crippen LogP contribution in [-0.2, 0) is 4.74 Å². The SMILES string of the molecule is CNC(CSCC(C)C)C1CC(C)(C)OC1(C)C. The zero-order valence-corrected chi connectivity index (χ0v) is 14.0. The van der Waals surface area contributed by atoms with Crippen LogP contribution in [0.1, 0.15) is 48.0 Å². The molecule has 1 fully saturated rings. The van der Waals surface area contributed by atoms with Crippen LogP contribution in [0.25, 0.3) is 0 Å². The number of ether oxygens (including phenoxy) is 1. The highest BCUT2D eigenvalue weighted by Gasteiger charge is 2.48. The van der Waals surface area contributed by atoms with E-state index >= 15 is 0 Å². The van der Waals surface area contributed by atoms with E-state index in [9.17, 15) is 0 Å². The van der Waals surface area contributed by atoms with E-state index in [0.29, 0.717) is 12.0 Å². The van der Waals surface area contributed by atoms with Crippen LogP contribution in [0.5, 0.6) is 0 Å². The third kappa shape index (κ3) is 4.43. The summed E-state index contributed by atoms with van der Waals surface area (Å²) in [5.74, 6) is 3.80. The molecule has 0 spiro atoms. The van der Waals surface area contributed by atoms with E-state index in [1.807, 2.05) is 0 Å². The van der Waals surface area contributed by atoms with Crippen molar-refractivity contribution in [3.05, 3.63) is 0 Å². The third-order valence-corrected chi connectivity index (χ3v) is 5.25. The fraction of sp³-hybridized carbons (Fsp3) is 1.00. The molecule has 2 nitrogen and oxygen atoms in total. The van der Waals surface area contributed by atoms with Crippen LogP contribution in [0.3, 0.4) is 0 Å². The van der Waals surface area contributed by atoms with Crippen LogP contribution in [-0.4, -0.2) is 35.8 Å². The Bertz CT molecular complexity index is 263. The summed E-state index contributed by atoms with van der Waals surface area (Å²) in [5, 5.41) is 3.51. The number of hydrogen-bond donors (Lipinski definition) is 1. The zero-order valence-electron chi connectivity index (χ0n) is 13.2. The number of hydrogen-bond acceptors (Lipinski definition) is 3. The molecule has 18 heavy (non-hydrogen) atoms. The fourth-order valence-electron chi connectivity index (χ4n) is 3.06. The van der Waals surface area contributed by atoms with Crippen LogP contribution >= 0.6 is 11.8 Å². The smallest absolute Gasteiger partial charge is 0.0678 e. The van der Waals surface area contributed by atoms with Crippen molar-refractivity contribution in [1.82, 2.24) is 5.32 Å². The number of thioether (sulfide) groups is 1. The first-order valence-electron chi connectivity index (χ1n) is 7.13. The van der Waals surface area contributed by atoms with Gasteiger partial charge in [0, 0.05) is 17.7 Å². The molecule has 0 aromatic heterocycles. The molecule has 1 N–H and O–H groups in total. The Labute approximate surface area is 118 Å². The van der Waals surface area contributed by atoms with Crippen molar-refractivity contribution in [2.24, 2.45) is 11.8 Å². The van der Waals surface area contributed by atoms with Crippen molar-refractivity contribution in [3.63, 3.8) is 0 Å². The minimum absolute atomic E-state index is 0.0183. The van der Waals surface area contributed by atoms with Crippen LogP contribution < -0.4 is 5.32 Å². The van der Waals surface area contributed by atoms with Gasteiger partial charge in [-0.2, -0.15) is 11.8 Å². The minimum atomic E-state index is -0.0183. The van der Waals surface area contributed by atoms with Gasteiger partial charge in [0.1, 0.15) is 0 Å². The first kappa shape index (κ1) is 16.3. The average molecular weight is 273 g/mol. The van der Waals surface area contributed by atoms with Gasteiger partial charge < -0.3 is 10.1 Å². The van der Waals surface area contributed by atoms with E-state index < -0.39 is 0 Å². The highest BCUT2D eigenvalue weighted by Crippen LogP contribution is 2.44. The number of rotatable bonds is 6. The maximum Gasteiger partial charge on any atom is 0.0678 e. The Hall–Kier alpha value is 0.270. The Morgan fingerprint density at radius 1 is 1.22 bits per heavy atom. The van der Waals surface area contributed by atoms with Gasteiger partial charge in [-0.1, -0.05) is 13.8 Å². The molecule has 0 radical (unpaired) electrons. The molecule has 0 aliphatic carbocycles. The lowest BCUT2D eigenvalue weighted by Crippen LogP contribution is -2.44. The molecule has 0 saturated carbocycles. The van der Waals surface area contributed by atoms with Crippen molar-refractivity contribution in [2.45, 2.75) is 65.2 Å². The molecule has 3 heteroatoms. The van der Waals surface area contributed by atoms with Crippen molar-refractivity contribution >= 4 is 11.8 Å². The summed E-state index contributed by atoms with van der Waals surface area (Å²) in [6.45, 7) is 13.5. The summed E-state index contributed by atoms with van der Waals surface area (Å²) in [7, 11) is 2.09. The molecule has 108 valence electrons. The molecule has 0 bridgehead atoms. The van der Waals surface area contributed by atoms with Crippen molar-refractivity contribution < 1.29 is 4.74 Å². The minimum Gasteiger partial charge on any atom is -0.369 e. The summed E-state index contributed by atoms with van der Waals surface area (Å²) in [6, 6.07) is 0.547. The first-order valence-corrected chi connectivity index (χ1v) is 8.28. The quantitative estimate of drug-likeness (QED) is 0.799. The van der Waals surface area contributed by atoms with Crippen LogP contribution in [0, 0.1) is 11.8 Å². The molecular formula is C15H31NOS. The van der Waals surface area contributed by atoms with Gasteiger partial charge in [-0.25, -0.2) is 0 Å². The standard InChI is InChI=1S/C15H31NOS/c1-11(2)9-18-10-13(16-7)12-8-14(3,4)17-15(12,5)6/h11-13,16H,8-10H2,1-7H3. The lowest BCUT2D eigenvalue weighted by atomic mass is 9.82. The predicted octanol–water partition coefficient (Wildman–Crippen LogP) is 3.56. The summed E-state index contributed by atoms with van der Waals surface area (Å²) < 4.78 is 6.21.